The molecule has 0 aliphatic heterocycles. The highest BCUT2D eigenvalue weighted by Gasteiger charge is 2.32. The van der Waals surface area contributed by atoms with Crippen molar-refractivity contribution in [3.05, 3.63) is 59.7 Å². The van der Waals surface area contributed by atoms with E-state index in [0.29, 0.717) is 173 Å². The monoisotopic (exact) mass is 2030 g/mol. The summed E-state index contributed by atoms with van der Waals surface area (Å²) in [6.45, 7) is 11.2. The van der Waals surface area contributed by atoms with E-state index >= 15 is 0 Å². The van der Waals surface area contributed by atoms with Crippen molar-refractivity contribution in [1.82, 2.24) is 31.9 Å². The average molecular weight is 2030 g/mol. The second-order valence-electron chi connectivity index (χ2n) is 37.1. The molecule has 39 nitrogen and oxygen atoms in total. The summed E-state index contributed by atoms with van der Waals surface area (Å²) in [5.41, 5.74) is 12.1. The normalized spacial score (nSPS) is 12.6. The number of carbonyl (C=O) groups is 17. The van der Waals surface area contributed by atoms with Crippen LogP contribution in [0.3, 0.4) is 0 Å². The van der Waals surface area contributed by atoms with E-state index in [-0.39, 0.29) is 266 Å². The molecule has 0 unspecified atom stereocenters. The van der Waals surface area contributed by atoms with E-state index in [9.17, 15) is 91.7 Å². The number of hydrogen-bond acceptors (Lipinski definition) is 29. The molecule has 0 heterocycles. The van der Waals surface area contributed by atoms with Gasteiger partial charge in [-0.1, -0.05) is 111 Å². The van der Waals surface area contributed by atoms with Crippen molar-refractivity contribution in [1.29, 1.82) is 0 Å². The Morgan fingerprint density at radius 1 is 0.308 bits per heavy atom. The lowest BCUT2D eigenvalue weighted by Gasteiger charge is -2.23. The van der Waals surface area contributed by atoms with Crippen molar-refractivity contribution in [2.24, 2.45) is 34.6 Å². The molecule has 0 spiro atoms. The minimum Gasteiger partial charge on any atom is -0.494 e. The van der Waals surface area contributed by atoms with Gasteiger partial charge in [0.15, 0.2) is 11.6 Å². The van der Waals surface area contributed by atoms with Crippen LogP contribution in [0.4, 0.5) is 0 Å². The second kappa shape index (κ2) is 83.2. The van der Waals surface area contributed by atoms with Crippen LogP contribution in [-0.2, 0) is 110 Å². The number of aromatic carboxylic acids is 2. The summed E-state index contributed by atoms with van der Waals surface area (Å²) in [7, 11) is 0. The Morgan fingerprint density at radius 2 is 0.685 bits per heavy atom. The van der Waals surface area contributed by atoms with E-state index < -0.39 is 65.2 Å². The number of ether oxygens (including phenoxy) is 10. The Balaban J connectivity index is 0.000104. The number of Topliss-reactive ketones (excluding diaryl/α,β-unsaturated/α-hetero) is 7. The first kappa shape index (κ1) is 129. The fraction of sp³-hybridized carbons (Fsp3) is 0.721. The van der Waals surface area contributed by atoms with Crippen LogP contribution in [0.15, 0.2) is 48.5 Å². The molecular formula is C104H172N8O31. The molecule has 0 bridgehead atoms. The SMILES string of the molecule is CC(=O)[C@H](CCCCNC(=O)[C@@H](N)CCCCCC(=O)COCCOCCNC(=O)COCCOCCCC(=O)CC[C@H](NC(=O)CCCCCCCCCOc1ccc(C(=O)O)cc1)C(=O)O)CC(=O)[C@H](CCCCNC(=O)[C@@H](N)CCCCNC(=O)COCCOCCCC(=O)COCCOCCNC(=O)CC[C@H](CC(=O)CCCCCCCCCOc1ccc(C(=O)O)cc1)C(=O)O)CC(=O)C(C)(C)C.[HH].[HH]. The van der Waals surface area contributed by atoms with Crippen molar-refractivity contribution in [3.8, 4) is 11.5 Å². The van der Waals surface area contributed by atoms with Crippen LogP contribution >= 0.6 is 0 Å². The van der Waals surface area contributed by atoms with Crippen LogP contribution < -0.4 is 52.8 Å². The van der Waals surface area contributed by atoms with Gasteiger partial charge in [-0.05, 0) is 165 Å². The predicted molar refractivity (Wildman–Crippen MR) is 537 cm³/mol. The number of carbonyl (C=O) groups excluding carboxylic acids is 13. The van der Waals surface area contributed by atoms with Gasteiger partial charge in [-0.2, -0.15) is 0 Å². The van der Waals surface area contributed by atoms with E-state index in [1.54, 1.807) is 45.0 Å². The number of ketones is 7. The summed E-state index contributed by atoms with van der Waals surface area (Å²) in [6.07, 6.45) is 21.3. The summed E-state index contributed by atoms with van der Waals surface area (Å²) in [5, 5.41) is 53.7. The third-order valence-corrected chi connectivity index (χ3v) is 23.6. The van der Waals surface area contributed by atoms with Gasteiger partial charge in [0, 0.05) is 130 Å². The van der Waals surface area contributed by atoms with E-state index in [4.69, 9.17) is 69.0 Å². The van der Waals surface area contributed by atoms with Gasteiger partial charge < -0.3 is 111 Å². The number of carboxylic acid groups (broad SMARTS) is 4. The van der Waals surface area contributed by atoms with Gasteiger partial charge in [-0.15, -0.1) is 0 Å². The van der Waals surface area contributed by atoms with Crippen molar-refractivity contribution in [2.75, 3.05) is 152 Å². The maximum Gasteiger partial charge on any atom is 0.335 e. The van der Waals surface area contributed by atoms with Crippen LogP contribution in [0.2, 0.25) is 0 Å². The minimum atomic E-state index is -1.20. The Labute approximate surface area is 846 Å². The van der Waals surface area contributed by atoms with E-state index in [1.165, 1.54) is 31.2 Å². The van der Waals surface area contributed by atoms with E-state index in [1.807, 2.05) is 0 Å². The molecule has 814 valence electrons. The molecule has 2 aromatic rings. The molecule has 143 heavy (non-hydrogen) atoms. The van der Waals surface area contributed by atoms with Crippen LogP contribution in [-0.4, -0.2) is 290 Å². The Kier molecular flexibility index (Phi) is 75.1. The predicted octanol–water partition coefficient (Wildman–Crippen LogP) is 10.9. The number of nitrogens with one attached hydrogen (secondary N) is 6. The molecule has 39 heteroatoms. The fourth-order valence-electron chi connectivity index (χ4n) is 14.8. The molecule has 2 aromatic carbocycles. The highest BCUT2D eigenvalue weighted by atomic mass is 16.5. The zero-order valence-corrected chi connectivity index (χ0v) is 85.3. The second-order valence-corrected chi connectivity index (χ2v) is 37.1. The molecule has 6 amide bonds. The lowest BCUT2D eigenvalue weighted by molar-refractivity contribution is -0.144. The Hall–Kier alpha value is -9.97. The van der Waals surface area contributed by atoms with Gasteiger partial charge in [0.05, 0.1) is 108 Å². The van der Waals surface area contributed by atoms with Crippen LogP contribution in [0.5, 0.6) is 11.5 Å². The van der Waals surface area contributed by atoms with E-state index in [0.717, 1.165) is 77.0 Å². The first-order chi connectivity index (χ1) is 68.6. The number of rotatable bonds is 98. The number of hydrogen-bond donors (Lipinski definition) is 12. The Morgan fingerprint density at radius 3 is 1.14 bits per heavy atom. The lowest BCUT2D eigenvalue weighted by atomic mass is 9.79. The number of unbranched alkanes of at least 4 members (excludes halogenated alkanes) is 17. The molecule has 14 N–H and O–H groups in total. The number of aliphatic carboxylic acids is 2. The zero-order chi connectivity index (χ0) is 105. The van der Waals surface area contributed by atoms with Crippen molar-refractivity contribution in [2.45, 2.75) is 309 Å². The molecule has 0 aliphatic carbocycles. The Bertz CT molecular complexity index is 3990. The molecule has 0 saturated heterocycles. The molecule has 0 aliphatic rings. The standard InChI is InChI=1S/C104H168N8O31.2H2/c1-77(113)80(30-20-23-52-110-98(124)89(105)36-18-15-17-33-85(116)73-138-66-65-137-61-55-109-97(123)76-141-69-62-134-56-28-34-83(114)44-49-91(103(132)133)112-95(121)38-19-12-8-6-10-14-27-59-143-88-47-41-79(42-48-88)101(128)129)71-92(118)81(72-93(119)104(2,3)4)31-21-24-53-111-99(125)90(106)37-22-25-51-107-96(122)75-140-68-63-135-57-29-35-86(117)74-139-67-64-136-60-54-108-94(120)50-43-82(102(130)131)70-84(115)32-16-11-7-5-9-13-26-58-142-87-45-39-78(40-46-87)100(126)127;;/h39-42,45-48,80-82,89-91H,5-38,43-44,49-76,105-106H2,1-4H3,(H,107,122)(H,108,120)(H,109,123)(H,110,124)(H,111,125)(H,112,121)(H,126,127)(H,128,129)(H,130,131)(H,132,133);2*1H/t80-,81-,82-,89+,90+,91+;;/m1../s1. The summed E-state index contributed by atoms with van der Waals surface area (Å²) in [4.78, 5) is 210. The lowest BCUT2D eigenvalue weighted by Crippen LogP contribution is -2.41. The van der Waals surface area contributed by atoms with Gasteiger partial charge in [0.2, 0.25) is 35.4 Å². The third-order valence-electron chi connectivity index (χ3n) is 23.6. The van der Waals surface area contributed by atoms with Crippen LogP contribution in [0, 0.1) is 23.2 Å². The number of carboxylic acids is 4. The summed E-state index contributed by atoms with van der Waals surface area (Å²) < 4.78 is 54.9. The highest BCUT2D eigenvalue weighted by Crippen LogP contribution is 2.28. The quantitative estimate of drug-likeness (QED) is 0.0274. The van der Waals surface area contributed by atoms with Gasteiger partial charge in [0.1, 0.15) is 72.9 Å². The average Bonchev–Trinajstić information content (AvgIpc) is 0.859. The van der Waals surface area contributed by atoms with Gasteiger partial charge in [0.25, 0.3) is 0 Å². The maximum absolute atomic E-state index is 13.9. The molecule has 0 radical (unpaired) electrons. The van der Waals surface area contributed by atoms with Gasteiger partial charge >= 0.3 is 23.9 Å². The summed E-state index contributed by atoms with van der Waals surface area (Å²) >= 11 is 0. The van der Waals surface area contributed by atoms with Crippen molar-refractivity contribution >= 4 is 99.8 Å². The molecule has 6 atom stereocenters. The van der Waals surface area contributed by atoms with Gasteiger partial charge in [-0.25, -0.2) is 14.4 Å². The molecule has 0 fully saturated rings. The highest BCUT2D eigenvalue weighted by molar-refractivity contribution is 5.93. The van der Waals surface area contributed by atoms with E-state index in [2.05, 4.69) is 31.9 Å². The van der Waals surface area contributed by atoms with Crippen molar-refractivity contribution in [3.63, 3.8) is 0 Å². The topological polar surface area (TPSA) is 588 Å². The molecule has 0 aromatic heterocycles. The smallest absolute Gasteiger partial charge is 0.335 e. The van der Waals surface area contributed by atoms with Crippen LogP contribution in [0.1, 0.15) is 315 Å². The first-order valence-corrected chi connectivity index (χ1v) is 51.4. The first-order valence-electron chi connectivity index (χ1n) is 51.4. The number of benzene rings is 2. The minimum absolute atomic E-state index is 0. The summed E-state index contributed by atoms with van der Waals surface area (Å²) in [5.74, 6) is -8.04. The number of nitrogens with two attached hydrogens (primary N) is 2. The third kappa shape index (κ3) is 72.0. The summed E-state index contributed by atoms with van der Waals surface area (Å²) in [6, 6.07) is 9.87. The largest absolute Gasteiger partial charge is 0.494 e. The van der Waals surface area contributed by atoms with Crippen molar-refractivity contribution < 1.29 is 152 Å². The number of amides is 6. The molecule has 0 saturated carbocycles. The fourth-order valence-corrected chi connectivity index (χ4v) is 14.8. The molecule has 2 rings (SSSR count). The van der Waals surface area contributed by atoms with Crippen LogP contribution in [0.25, 0.3) is 0 Å². The van der Waals surface area contributed by atoms with Gasteiger partial charge in [-0.3, -0.25) is 67.1 Å². The molecular weight excluding hydrogens is 1860 g/mol. The maximum atomic E-state index is 13.9. The zero-order valence-electron chi connectivity index (χ0n) is 85.3.